The second kappa shape index (κ2) is 12.2. The van der Waals surface area contributed by atoms with Gasteiger partial charge in [-0.1, -0.05) is 43.2 Å². The molecule has 1 saturated carbocycles. The lowest BCUT2D eigenvalue weighted by molar-refractivity contribution is -0.688. The molecule has 0 unspecified atom stereocenters. The van der Waals surface area contributed by atoms with Crippen LogP contribution in [0.4, 0.5) is 32.0 Å². The predicted molar refractivity (Wildman–Crippen MR) is 141 cm³/mol. The SMILES string of the molecule is O=C(N[C@@H]1CCCC[C@H]1NC(=S)Nc1cc(C(F)(F)F)cc(C(F)(F)F)c1)c1ccc[n+](Cc2ccccc2)c1. The molecule has 0 spiro atoms. The molecule has 1 fully saturated rings. The Kier molecular flexibility index (Phi) is 8.97. The third-order valence-electron chi connectivity index (χ3n) is 6.57. The van der Waals surface area contributed by atoms with Gasteiger partial charge in [-0.3, -0.25) is 4.79 Å². The van der Waals surface area contributed by atoms with E-state index in [1.807, 2.05) is 41.1 Å². The molecule has 0 saturated heterocycles. The Hall–Kier alpha value is -3.67. The summed E-state index contributed by atoms with van der Waals surface area (Å²) in [5, 5.41) is 8.29. The number of aromatic nitrogens is 1. The number of halogens is 6. The Balaban J connectivity index is 1.43. The first-order chi connectivity index (χ1) is 18.9. The van der Waals surface area contributed by atoms with Gasteiger partial charge < -0.3 is 16.0 Å². The molecule has 12 heteroatoms. The fourth-order valence-electron chi connectivity index (χ4n) is 4.64. The van der Waals surface area contributed by atoms with Gasteiger partial charge in [0.2, 0.25) is 0 Å². The number of thiocarbonyl (C=S) groups is 1. The van der Waals surface area contributed by atoms with Crippen molar-refractivity contribution < 1.29 is 35.7 Å². The number of hydrogen-bond donors (Lipinski definition) is 3. The number of anilines is 1. The van der Waals surface area contributed by atoms with Crippen molar-refractivity contribution in [2.45, 2.75) is 56.7 Å². The molecule has 4 rings (SSSR count). The minimum Gasteiger partial charge on any atom is -0.358 e. The summed E-state index contributed by atoms with van der Waals surface area (Å²) in [6, 6.07) is 13.7. The van der Waals surface area contributed by atoms with Gasteiger partial charge in [0, 0.05) is 29.4 Å². The molecule has 0 aliphatic heterocycles. The molecule has 1 aliphatic carbocycles. The zero-order chi connectivity index (χ0) is 28.9. The third kappa shape index (κ3) is 7.93. The maximum Gasteiger partial charge on any atom is 0.416 e. The molecule has 3 aromatic rings. The molecule has 1 amide bonds. The van der Waals surface area contributed by atoms with Gasteiger partial charge in [0.15, 0.2) is 24.1 Å². The molecule has 1 heterocycles. The first kappa shape index (κ1) is 29.3. The van der Waals surface area contributed by atoms with Crippen molar-refractivity contribution >= 4 is 28.9 Å². The van der Waals surface area contributed by atoms with E-state index in [9.17, 15) is 31.1 Å². The Morgan fingerprint density at radius 3 is 2.05 bits per heavy atom. The summed E-state index contributed by atoms with van der Waals surface area (Å²) in [5.74, 6) is -0.298. The first-order valence-electron chi connectivity index (χ1n) is 12.6. The van der Waals surface area contributed by atoms with Gasteiger partial charge in [-0.2, -0.15) is 30.9 Å². The molecule has 5 nitrogen and oxygen atoms in total. The maximum atomic E-state index is 13.2. The Bertz CT molecular complexity index is 1310. The van der Waals surface area contributed by atoms with Crippen LogP contribution in [0.15, 0.2) is 73.1 Å². The van der Waals surface area contributed by atoms with E-state index in [2.05, 4.69) is 16.0 Å². The lowest BCUT2D eigenvalue weighted by Crippen LogP contribution is -2.54. The lowest BCUT2D eigenvalue weighted by Gasteiger charge is -2.33. The van der Waals surface area contributed by atoms with Crippen LogP contribution in [0.3, 0.4) is 0 Å². The number of amides is 1. The standard InChI is InChI=1S/C28H26F6N4OS/c29-27(30,31)20-13-21(28(32,33)34)15-22(14-20)35-26(40)37-24-11-5-4-10-23(24)36-25(39)19-9-6-12-38(17-19)16-18-7-2-1-3-8-18/h1-3,6-9,12-15,17,23-24H,4-5,10-11,16H2,(H2-,35,36,37,39,40)/p+1/t23-,24-/m1/s1. The van der Waals surface area contributed by atoms with Gasteiger partial charge in [-0.25, -0.2) is 0 Å². The van der Waals surface area contributed by atoms with Crippen LogP contribution in [0.25, 0.3) is 0 Å². The summed E-state index contributed by atoms with van der Waals surface area (Å²) in [6.07, 6.45) is -3.45. The van der Waals surface area contributed by atoms with Gasteiger partial charge in [0.05, 0.1) is 11.1 Å². The van der Waals surface area contributed by atoms with Gasteiger partial charge in [0.1, 0.15) is 5.56 Å². The number of nitrogens with one attached hydrogen (secondary N) is 3. The van der Waals surface area contributed by atoms with E-state index in [1.54, 1.807) is 18.3 Å². The van der Waals surface area contributed by atoms with Crippen molar-refractivity contribution in [3.8, 4) is 0 Å². The second-order valence-electron chi connectivity index (χ2n) is 9.61. The fraction of sp³-hybridized carbons (Fsp3) is 0.321. The molecular formula is C28H27F6N4OS+. The van der Waals surface area contributed by atoms with Gasteiger partial charge >= 0.3 is 12.4 Å². The van der Waals surface area contributed by atoms with Crippen LogP contribution >= 0.6 is 12.2 Å². The van der Waals surface area contributed by atoms with Crippen LogP contribution in [-0.4, -0.2) is 23.1 Å². The number of carbonyl (C=O) groups excluding carboxylic acids is 1. The molecule has 3 N–H and O–H groups in total. The van der Waals surface area contributed by atoms with E-state index in [1.165, 1.54) is 0 Å². The van der Waals surface area contributed by atoms with E-state index in [0.717, 1.165) is 18.4 Å². The topological polar surface area (TPSA) is 57.0 Å². The van der Waals surface area contributed by atoms with E-state index in [4.69, 9.17) is 12.2 Å². The van der Waals surface area contributed by atoms with Crippen LogP contribution in [0, 0.1) is 0 Å². The van der Waals surface area contributed by atoms with Crippen LogP contribution in [0.2, 0.25) is 0 Å². The maximum absolute atomic E-state index is 13.2. The molecule has 40 heavy (non-hydrogen) atoms. The number of pyridine rings is 1. The molecule has 0 bridgehead atoms. The summed E-state index contributed by atoms with van der Waals surface area (Å²) >= 11 is 5.23. The number of nitrogens with zero attached hydrogens (tertiary/aromatic N) is 1. The second-order valence-corrected chi connectivity index (χ2v) is 10.0. The van der Waals surface area contributed by atoms with Crippen LogP contribution in [0.1, 0.15) is 52.7 Å². The molecular weight excluding hydrogens is 554 g/mol. The number of benzene rings is 2. The summed E-state index contributed by atoms with van der Waals surface area (Å²) in [5.41, 5.74) is -1.80. The largest absolute Gasteiger partial charge is 0.416 e. The zero-order valence-electron chi connectivity index (χ0n) is 21.1. The van der Waals surface area contributed by atoms with Crippen LogP contribution in [0.5, 0.6) is 0 Å². The minimum atomic E-state index is -4.97. The Labute approximate surface area is 232 Å². The fourth-order valence-corrected chi connectivity index (χ4v) is 4.91. The molecule has 1 aliphatic rings. The summed E-state index contributed by atoms with van der Waals surface area (Å²) in [6.45, 7) is 0.584. The van der Waals surface area contributed by atoms with Crippen molar-refractivity contribution in [3.63, 3.8) is 0 Å². The number of carbonyl (C=O) groups is 1. The zero-order valence-corrected chi connectivity index (χ0v) is 22.0. The Morgan fingerprint density at radius 1 is 0.850 bits per heavy atom. The highest BCUT2D eigenvalue weighted by Crippen LogP contribution is 2.37. The van der Waals surface area contributed by atoms with Gasteiger partial charge in [0.25, 0.3) is 5.91 Å². The molecule has 2 aromatic carbocycles. The molecule has 0 radical (unpaired) electrons. The lowest BCUT2D eigenvalue weighted by atomic mass is 9.90. The van der Waals surface area contributed by atoms with Crippen molar-refractivity contribution in [1.82, 2.24) is 10.6 Å². The first-order valence-corrected chi connectivity index (χ1v) is 13.0. The van der Waals surface area contributed by atoms with E-state index in [-0.39, 0.29) is 29.2 Å². The highest BCUT2D eigenvalue weighted by Gasteiger charge is 2.37. The number of alkyl halides is 6. The molecule has 212 valence electrons. The van der Waals surface area contributed by atoms with Gasteiger partial charge in [-0.15, -0.1) is 0 Å². The third-order valence-corrected chi connectivity index (χ3v) is 6.79. The van der Waals surface area contributed by atoms with Crippen molar-refractivity contribution in [1.29, 1.82) is 0 Å². The van der Waals surface area contributed by atoms with Crippen LogP contribution < -0.4 is 20.5 Å². The monoisotopic (exact) mass is 581 g/mol. The smallest absolute Gasteiger partial charge is 0.358 e. The van der Waals surface area contributed by atoms with Crippen molar-refractivity contribution in [2.75, 3.05) is 5.32 Å². The normalized spacial score (nSPS) is 17.6. The predicted octanol–water partition coefficient (Wildman–Crippen LogP) is 6.09. The average Bonchev–Trinajstić information content (AvgIpc) is 2.89. The molecule has 1 aromatic heterocycles. The highest BCUT2D eigenvalue weighted by molar-refractivity contribution is 7.80. The van der Waals surface area contributed by atoms with E-state index < -0.39 is 29.2 Å². The summed E-state index contributed by atoms with van der Waals surface area (Å²) in [7, 11) is 0. The van der Waals surface area contributed by atoms with Crippen molar-refractivity contribution in [2.24, 2.45) is 0 Å². The quantitative estimate of drug-likeness (QED) is 0.188. The minimum absolute atomic E-state index is 0.0570. The van der Waals surface area contributed by atoms with Gasteiger partial charge in [-0.05, 0) is 49.3 Å². The Morgan fingerprint density at radius 2 is 1.45 bits per heavy atom. The average molecular weight is 582 g/mol. The van der Waals surface area contributed by atoms with Crippen molar-refractivity contribution in [3.05, 3.63) is 95.3 Å². The van der Waals surface area contributed by atoms with E-state index >= 15 is 0 Å². The van der Waals surface area contributed by atoms with E-state index in [0.29, 0.717) is 37.1 Å². The molecule has 2 atom stereocenters. The number of rotatable bonds is 6. The highest BCUT2D eigenvalue weighted by atomic mass is 32.1. The number of hydrogen-bond acceptors (Lipinski definition) is 2. The summed E-state index contributed by atoms with van der Waals surface area (Å²) < 4.78 is 81.1. The summed E-state index contributed by atoms with van der Waals surface area (Å²) in [4.78, 5) is 13.1. The van der Waals surface area contributed by atoms with Crippen LogP contribution in [-0.2, 0) is 18.9 Å².